The smallest absolute Gasteiger partial charge is 0.127 e. The van der Waals surface area contributed by atoms with Gasteiger partial charge in [0.15, 0.2) is 0 Å². The third-order valence-electron chi connectivity index (χ3n) is 4.12. The average Bonchev–Trinajstić information content (AvgIpc) is 2.60. The van der Waals surface area contributed by atoms with E-state index in [-0.39, 0.29) is 0 Å². The molecule has 0 aliphatic heterocycles. The van der Waals surface area contributed by atoms with Crippen LogP contribution in [0, 0.1) is 0 Å². The van der Waals surface area contributed by atoms with E-state index in [1.165, 1.54) is 0 Å². The van der Waals surface area contributed by atoms with Gasteiger partial charge in [-0.25, -0.2) is 0 Å². The van der Waals surface area contributed by atoms with E-state index in [9.17, 15) is 5.11 Å². The zero-order valence-corrected chi connectivity index (χ0v) is 16.2. The molecule has 0 aromatic heterocycles. The van der Waals surface area contributed by atoms with E-state index in [2.05, 4.69) is 10.6 Å². The van der Waals surface area contributed by atoms with Crippen LogP contribution < -0.4 is 20.1 Å². The predicted molar refractivity (Wildman–Crippen MR) is 100 cm³/mol. The van der Waals surface area contributed by atoms with E-state index < -0.39 is 5.60 Å². The van der Waals surface area contributed by atoms with Gasteiger partial charge in [0.1, 0.15) is 11.5 Å². The second-order valence-corrected chi connectivity index (χ2v) is 6.42. The van der Waals surface area contributed by atoms with Gasteiger partial charge in [-0.05, 0) is 32.4 Å². The molecule has 142 valence electrons. The molecule has 0 heterocycles. The Kier molecular flexibility index (Phi) is 8.75. The first kappa shape index (κ1) is 21.3. The zero-order chi connectivity index (χ0) is 18.9. The Morgan fingerprint density at radius 2 is 1.76 bits per heavy atom. The molecular formula is C19H32N2O4. The molecule has 0 radical (unpaired) electrons. The van der Waals surface area contributed by atoms with Crippen LogP contribution in [0.3, 0.4) is 0 Å². The van der Waals surface area contributed by atoms with Crippen molar-refractivity contribution >= 4 is 0 Å². The van der Waals surface area contributed by atoms with E-state index in [4.69, 9.17) is 14.2 Å². The van der Waals surface area contributed by atoms with E-state index in [1.807, 2.05) is 32.0 Å². The Hall–Kier alpha value is -1.76. The lowest BCUT2D eigenvalue weighted by atomic mass is 10.1. The van der Waals surface area contributed by atoms with Crippen molar-refractivity contribution in [1.29, 1.82) is 0 Å². The van der Waals surface area contributed by atoms with Gasteiger partial charge in [0, 0.05) is 37.8 Å². The first-order valence-corrected chi connectivity index (χ1v) is 8.38. The fourth-order valence-electron chi connectivity index (χ4n) is 2.34. The van der Waals surface area contributed by atoms with E-state index in [0.717, 1.165) is 28.4 Å². The quantitative estimate of drug-likeness (QED) is 0.530. The summed E-state index contributed by atoms with van der Waals surface area (Å²) in [6, 6.07) is 5.70. The topological polar surface area (TPSA) is 72.0 Å². The standard InChI is InChI=1S/C19H32N2O4/c1-14(15(2)23-4)10-20-12-19(3,22)13-21-11-16-7-8-17(24-5)9-18(16)25-6/h7-9,20-22H,10-13H2,1-6H3. The SMILES string of the molecule is COC(C)=C(C)CNCC(C)(O)CNCc1ccc(OC)cc1OC. The third kappa shape index (κ3) is 7.34. The number of benzene rings is 1. The highest BCUT2D eigenvalue weighted by Gasteiger charge is 2.19. The molecule has 1 atom stereocenters. The molecule has 1 aromatic carbocycles. The largest absolute Gasteiger partial charge is 0.501 e. The summed E-state index contributed by atoms with van der Waals surface area (Å²) in [5.41, 5.74) is 1.27. The highest BCUT2D eigenvalue weighted by atomic mass is 16.5. The lowest BCUT2D eigenvalue weighted by Gasteiger charge is -2.25. The first-order valence-electron chi connectivity index (χ1n) is 8.38. The summed E-state index contributed by atoms with van der Waals surface area (Å²) >= 11 is 0. The number of hydrogen-bond acceptors (Lipinski definition) is 6. The summed E-state index contributed by atoms with van der Waals surface area (Å²) in [4.78, 5) is 0. The zero-order valence-electron chi connectivity index (χ0n) is 16.2. The molecule has 0 fully saturated rings. The maximum atomic E-state index is 10.5. The van der Waals surface area contributed by atoms with Crippen molar-refractivity contribution in [2.75, 3.05) is 41.0 Å². The van der Waals surface area contributed by atoms with E-state index in [0.29, 0.717) is 26.2 Å². The van der Waals surface area contributed by atoms with Gasteiger partial charge in [-0.1, -0.05) is 6.07 Å². The molecule has 1 rings (SSSR count). The van der Waals surface area contributed by atoms with E-state index in [1.54, 1.807) is 28.3 Å². The van der Waals surface area contributed by atoms with Crippen molar-refractivity contribution in [3.8, 4) is 11.5 Å². The summed E-state index contributed by atoms with van der Waals surface area (Å²) in [7, 11) is 4.92. The van der Waals surface area contributed by atoms with Crippen LogP contribution in [-0.4, -0.2) is 51.7 Å². The van der Waals surface area contributed by atoms with Crippen LogP contribution in [0.4, 0.5) is 0 Å². The van der Waals surface area contributed by atoms with Crippen molar-refractivity contribution in [3.05, 3.63) is 35.1 Å². The molecule has 25 heavy (non-hydrogen) atoms. The molecule has 0 spiro atoms. The molecule has 0 bridgehead atoms. The second kappa shape index (κ2) is 10.3. The minimum atomic E-state index is -0.860. The van der Waals surface area contributed by atoms with Crippen LogP contribution in [0.2, 0.25) is 0 Å². The Labute approximate surface area is 151 Å². The van der Waals surface area contributed by atoms with Crippen LogP contribution in [0.1, 0.15) is 26.3 Å². The van der Waals surface area contributed by atoms with Gasteiger partial charge < -0.3 is 30.0 Å². The number of allylic oxidation sites excluding steroid dienone is 1. The molecule has 6 nitrogen and oxygen atoms in total. The molecular weight excluding hydrogens is 320 g/mol. The molecule has 0 aliphatic rings. The lowest BCUT2D eigenvalue weighted by molar-refractivity contribution is 0.0599. The number of aliphatic hydroxyl groups is 1. The minimum absolute atomic E-state index is 0.460. The lowest BCUT2D eigenvalue weighted by Crippen LogP contribution is -2.46. The van der Waals surface area contributed by atoms with Crippen molar-refractivity contribution < 1.29 is 19.3 Å². The van der Waals surface area contributed by atoms with Crippen molar-refractivity contribution in [3.63, 3.8) is 0 Å². The number of nitrogens with one attached hydrogen (secondary N) is 2. The van der Waals surface area contributed by atoms with Crippen LogP contribution in [-0.2, 0) is 11.3 Å². The van der Waals surface area contributed by atoms with Crippen LogP contribution in [0.25, 0.3) is 0 Å². The van der Waals surface area contributed by atoms with Gasteiger partial charge >= 0.3 is 0 Å². The predicted octanol–water partition coefficient (Wildman–Crippen LogP) is 2.07. The first-order chi connectivity index (χ1) is 11.8. The second-order valence-electron chi connectivity index (χ2n) is 6.42. The Bertz CT molecular complexity index is 571. The highest BCUT2D eigenvalue weighted by Crippen LogP contribution is 2.24. The third-order valence-corrected chi connectivity index (χ3v) is 4.12. The van der Waals surface area contributed by atoms with Gasteiger partial charge in [0.25, 0.3) is 0 Å². The molecule has 6 heteroatoms. The number of methoxy groups -OCH3 is 3. The molecule has 0 saturated carbocycles. The molecule has 1 unspecified atom stereocenters. The van der Waals surface area contributed by atoms with Gasteiger partial charge in [0.2, 0.25) is 0 Å². The highest BCUT2D eigenvalue weighted by molar-refractivity contribution is 5.40. The van der Waals surface area contributed by atoms with Crippen molar-refractivity contribution in [2.45, 2.75) is 32.9 Å². The van der Waals surface area contributed by atoms with Crippen LogP contribution in [0.5, 0.6) is 11.5 Å². The summed E-state index contributed by atoms with van der Waals surface area (Å²) < 4.78 is 15.8. The fraction of sp³-hybridized carbons (Fsp3) is 0.579. The maximum Gasteiger partial charge on any atom is 0.127 e. The molecule has 0 amide bonds. The molecule has 0 aliphatic carbocycles. The Balaban J connectivity index is 2.46. The van der Waals surface area contributed by atoms with Gasteiger partial charge in [-0.3, -0.25) is 0 Å². The molecule has 1 aromatic rings. The minimum Gasteiger partial charge on any atom is -0.501 e. The normalized spacial score (nSPS) is 14.5. The van der Waals surface area contributed by atoms with Crippen molar-refractivity contribution in [1.82, 2.24) is 10.6 Å². The Morgan fingerprint density at radius 1 is 1.08 bits per heavy atom. The van der Waals surface area contributed by atoms with E-state index >= 15 is 0 Å². The van der Waals surface area contributed by atoms with Gasteiger partial charge in [-0.2, -0.15) is 0 Å². The van der Waals surface area contributed by atoms with Gasteiger partial charge in [0.05, 0.1) is 32.7 Å². The Morgan fingerprint density at radius 3 is 2.36 bits per heavy atom. The number of ether oxygens (including phenoxy) is 3. The summed E-state index contributed by atoms with van der Waals surface area (Å²) in [5.74, 6) is 2.42. The summed E-state index contributed by atoms with van der Waals surface area (Å²) in [6.07, 6.45) is 0. The molecule has 3 N–H and O–H groups in total. The van der Waals surface area contributed by atoms with Crippen molar-refractivity contribution in [2.24, 2.45) is 0 Å². The number of hydrogen-bond donors (Lipinski definition) is 3. The maximum absolute atomic E-state index is 10.5. The summed E-state index contributed by atoms with van der Waals surface area (Å²) in [5, 5.41) is 17.0. The fourth-order valence-corrected chi connectivity index (χ4v) is 2.34. The van der Waals surface area contributed by atoms with Gasteiger partial charge in [-0.15, -0.1) is 0 Å². The average molecular weight is 352 g/mol. The summed E-state index contributed by atoms with van der Waals surface area (Å²) in [6.45, 7) is 7.97. The molecule has 0 saturated heterocycles. The number of rotatable bonds is 11. The monoisotopic (exact) mass is 352 g/mol. The van der Waals surface area contributed by atoms with Crippen LogP contribution in [0.15, 0.2) is 29.5 Å². The van der Waals surface area contributed by atoms with Crippen LogP contribution >= 0.6 is 0 Å².